The number of aryl methyl sites for hydroxylation is 1. The van der Waals surface area contributed by atoms with Crippen molar-refractivity contribution in [3.63, 3.8) is 0 Å². The molecule has 0 radical (unpaired) electrons. The van der Waals surface area contributed by atoms with Gasteiger partial charge >= 0.3 is 0 Å². The summed E-state index contributed by atoms with van der Waals surface area (Å²) in [5.41, 5.74) is 3.73. The van der Waals surface area contributed by atoms with Crippen LogP contribution in [-0.2, 0) is 16.0 Å². The molecule has 2 N–H and O–H groups in total. The lowest BCUT2D eigenvalue weighted by Crippen LogP contribution is -2.13. The predicted molar refractivity (Wildman–Crippen MR) is 110 cm³/mol. The van der Waals surface area contributed by atoms with Gasteiger partial charge in [-0.2, -0.15) is 0 Å². The van der Waals surface area contributed by atoms with E-state index in [4.69, 9.17) is 0 Å². The average Bonchev–Trinajstić information content (AvgIpc) is 2.99. The number of para-hydroxylation sites is 1. The van der Waals surface area contributed by atoms with Gasteiger partial charge in [0, 0.05) is 47.9 Å². The Bertz CT molecular complexity index is 973. The third-order valence-corrected chi connectivity index (χ3v) is 4.47. The molecule has 0 bridgehead atoms. The van der Waals surface area contributed by atoms with Crippen molar-refractivity contribution in [3.05, 3.63) is 60.3 Å². The Morgan fingerprint density at radius 3 is 2.41 bits per heavy atom. The number of nitrogens with one attached hydrogen (secondary N) is 2. The number of hydrogen-bond acceptors (Lipinski definition) is 2. The van der Waals surface area contributed by atoms with E-state index in [1.54, 1.807) is 18.2 Å². The smallest absolute Gasteiger partial charge is 0.224 e. The van der Waals surface area contributed by atoms with Crippen LogP contribution in [0.2, 0.25) is 0 Å². The number of nitrogens with zero attached hydrogens (tertiary/aromatic N) is 1. The molecule has 5 heteroatoms. The fourth-order valence-electron chi connectivity index (χ4n) is 3.25. The molecule has 0 aliphatic carbocycles. The Morgan fingerprint density at radius 1 is 1.00 bits per heavy atom. The number of hydrogen-bond donors (Lipinski definition) is 2. The highest BCUT2D eigenvalue weighted by atomic mass is 16.2. The minimum absolute atomic E-state index is 0.0450. The first-order valence-electron chi connectivity index (χ1n) is 9.20. The van der Waals surface area contributed by atoms with E-state index < -0.39 is 0 Å². The van der Waals surface area contributed by atoms with Gasteiger partial charge in [0.15, 0.2) is 0 Å². The zero-order valence-corrected chi connectivity index (χ0v) is 16.0. The maximum Gasteiger partial charge on any atom is 0.224 e. The van der Waals surface area contributed by atoms with Crippen LogP contribution in [0.15, 0.2) is 54.7 Å². The van der Waals surface area contributed by atoms with Crippen molar-refractivity contribution < 1.29 is 9.59 Å². The first-order valence-corrected chi connectivity index (χ1v) is 9.20. The Morgan fingerprint density at radius 2 is 1.70 bits per heavy atom. The van der Waals surface area contributed by atoms with Crippen LogP contribution in [0.5, 0.6) is 0 Å². The minimum Gasteiger partial charge on any atom is -0.345 e. The summed E-state index contributed by atoms with van der Waals surface area (Å²) < 4.78 is 2.25. The molecule has 5 nitrogen and oxygen atoms in total. The fourth-order valence-corrected chi connectivity index (χ4v) is 3.25. The molecule has 0 aliphatic rings. The zero-order valence-electron chi connectivity index (χ0n) is 16.0. The van der Waals surface area contributed by atoms with E-state index in [2.05, 4.69) is 47.4 Å². The Balaban J connectivity index is 1.68. The molecule has 0 atom stereocenters. The fraction of sp³-hybridized carbons (Fsp3) is 0.273. The summed E-state index contributed by atoms with van der Waals surface area (Å²) in [6.07, 6.45) is 3.23. The van der Waals surface area contributed by atoms with Crippen LogP contribution >= 0.6 is 0 Å². The average molecular weight is 363 g/mol. The third-order valence-electron chi connectivity index (χ3n) is 4.47. The molecular formula is C22H25N3O2. The summed E-state index contributed by atoms with van der Waals surface area (Å²) in [7, 11) is 0. The van der Waals surface area contributed by atoms with Gasteiger partial charge in [0.25, 0.3) is 0 Å². The van der Waals surface area contributed by atoms with Crippen molar-refractivity contribution in [2.24, 2.45) is 0 Å². The van der Waals surface area contributed by atoms with E-state index in [1.807, 2.05) is 18.2 Å². The summed E-state index contributed by atoms with van der Waals surface area (Å²) in [4.78, 5) is 23.6. The van der Waals surface area contributed by atoms with Gasteiger partial charge in [-0.15, -0.1) is 0 Å². The molecule has 0 spiro atoms. The molecular weight excluding hydrogens is 338 g/mol. The molecule has 140 valence electrons. The maximum absolute atomic E-state index is 12.4. The first kappa shape index (κ1) is 18.7. The molecule has 0 saturated heterocycles. The van der Waals surface area contributed by atoms with Crippen LogP contribution in [-0.4, -0.2) is 16.4 Å². The van der Waals surface area contributed by atoms with Gasteiger partial charge in [0.05, 0.1) is 0 Å². The van der Waals surface area contributed by atoms with E-state index in [-0.39, 0.29) is 11.8 Å². The van der Waals surface area contributed by atoms with Crippen molar-refractivity contribution >= 4 is 34.1 Å². The van der Waals surface area contributed by atoms with Crippen molar-refractivity contribution in [2.45, 2.75) is 39.7 Å². The summed E-state index contributed by atoms with van der Waals surface area (Å²) >= 11 is 0. The quantitative estimate of drug-likeness (QED) is 0.664. The lowest BCUT2D eigenvalue weighted by Gasteiger charge is -2.08. The second-order valence-corrected chi connectivity index (χ2v) is 6.98. The molecule has 2 amide bonds. The summed E-state index contributed by atoms with van der Waals surface area (Å²) in [6, 6.07) is 15.8. The minimum atomic E-state index is -0.139. The molecule has 0 aliphatic heterocycles. The number of benzene rings is 2. The monoisotopic (exact) mass is 363 g/mol. The molecule has 1 heterocycles. The summed E-state index contributed by atoms with van der Waals surface area (Å²) in [5, 5.41) is 6.82. The van der Waals surface area contributed by atoms with E-state index in [1.165, 1.54) is 23.4 Å². The topological polar surface area (TPSA) is 63.1 Å². The number of fused-ring (bicyclic) bond motifs is 1. The largest absolute Gasteiger partial charge is 0.345 e. The highest BCUT2D eigenvalue weighted by Crippen LogP contribution is 2.25. The Hall–Kier alpha value is -3.08. The van der Waals surface area contributed by atoms with E-state index in [0.29, 0.717) is 30.3 Å². The Labute approximate surface area is 159 Å². The van der Waals surface area contributed by atoms with Crippen LogP contribution in [0, 0.1) is 0 Å². The zero-order chi connectivity index (χ0) is 19.4. The van der Waals surface area contributed by atoms with Gasteiger partial charge in [-0.25, -0.2) is 0 Å². The van der Waals surface area contributed by atoms with E-state index in [9.17, 15) is 9.59 Å². The predicted octanol–water partition coefficient (Wildman–Crippen LogP) is 4.75. The van der Waals surface area contributed by atoms with Gasteiger partial charge in [-0.3, -0.25) is 9.59 Å². The number of anilines is 2. The van der Waals surface area contributed by atoms with Crippen LogP contribution in [0.4, 0.5) is 11.4 Å². The maximum atomic E-state index is 12.4. The van der Waals surface area contributed by atoms with Gasteiger partial charge in [-0.1, -0.05) is 24.3 Å². The van der Waals surface area contributed by atoms with Crippen LogP contribution in [0.25, 0.3) is 10.9 Å². The van der Waals surface area contributed by atoms with Gasteiger partial charge in [0.2, 0.25) is 11.8 Å². The summed E-state index contributed by atoms with van der Waals surface area (Å²) in [5.74, 6) is -0.184. The number of aromatic nitrogens is 1. The molecule has 2 aromatic carbocycles. The van der Waals surface area contributed by atoms with Crippen LogP contribution in [0.1, 0.15) is 38.8 Å². The number of carbonyl (C=O) groups excluding carboxylic acids is 2. The molecule has 0 fully saturated rings. The van der Waals surface area contributed by atoms with Crippen LogP contribution in [0.3, 0.4) is 0 Å². The number of amides is 2. The van der Waals surface area contributed by atoms with Crippen molar-refractivity contribution in [1.82, 2.24) is 4.57 Å². The molecule has 0 saturated carbocycles. The van der Waals surface area contributed by atoms with Crippen molar-refractivity contribution in [3.8, 4) is 0 Å². The lowest BCUT2D eigenvalue weighted by atomic mass is 10.1. The summed E-state index contributed by atoms with van der Waals surface area (Å²) in [6.45, 7) is 5.77. The van der Waals surface area contributed by atoms with E-state index >= 15 is 0 Å². The molecule has 1 aromatic heterocycles. The van der Waals surface area contributed by atoms with Gasteiger partial charge < -0.3 is 15.2 Å². The SMILES string of the molecule is CC(=O)Nc1cccc(NC(=O)CCc2cn(C(C)C)c3ccccc23)c1. The van der Waals surface area contributed by atoms with Crippen molar-refractivity contribution in [1.29, 1.82) is 0 Å². The standard InChI is InChI=1S/C22H25N3O2/c1-15(2)25-14-17(20-9-4-5-10-21(20)25)11-12-22(27)24-19-8-6-7-18(13-19)23-16(3)26/h4-10,13-15H,11-12H2,1-3H3,(H,23,26)(H,24,27). The number of carbonyl (C=O) groups is 2. The van der Waals surface area contributed by atoms with Gasteiger partial charge in [-0.05, 0) is 50.1 Å². The normalized spacial score (nSPS) is 11.0. The van der Waals surface area contributed by atoms with Gasteiger partial charge in [0.1, 0.15) is 0 Å². The third kappa shape index (κ3) is 4.56. The second-order valence-electron chi connectivity index (χ2n) is 6.98. The Kier molecular flexibility index (Phi) is 5.60. The first-order chi connectivity index (χ1) is 12.9. The van der Waals surface area contributed by atoms with E-state index in [0.717, 1.165) is 0 Å². The molecule has 3 rings (SSSR count). The molecule has 3 aromatic rings. The van der Waals surface area contributed by atoms with Crippen molar-refractivity contribution in [2.75, 3.05) is 10.6 Å². The molecule has 0 unspecified atom stereocenters. The second kappa shape index (κ2) is 8.08. The highest BCUT2D eigenvalue weighted by Gasteiger charge is 2.12. The highest BCUT2D eigenvalue weighted by molar-refractivity contribution is 5.93. The number of rotatable bonds is 6. The molecule has 27 heavy (non-hydrogen) atoms. The van der Waals surface area contributed by atoms with Crippen LogP contribution < -0.4 is 10.6 Å². The lowest BCUT2D eigenvalue weighted by molar-refractivity contribution is -0.116.